The minimum Gasteiger partial charge on any atom is -0.492 e. The number of rotatable bonds is 9. The first-order chi connectivity index (χ1) is 17.4. The Morgan fingerprint density at radius 2 is 1.86 bits per heavy atom. The van der Waals surface area contributed by atoms with Gasteiger partial charge < -0.3 is 15.0 Å². The van der Waals surface area contributed by atoms with Crippen LogP contribution in [-0.4, -0.2) is 76.5 Å². The summed E-state index contributed by atoms with van der Waals surface area (Å²) in [6.07, 6.45) is 1.59. The van der Waals surface area contributed by atoms with Crippen LogP contribution in [0.2, 0.25) is 5.02 Å². The molecule has 2 amide bonds. The maximum absolute atomic E-state index is 12.6. The maximum atomic E-state index is 12.6. The number of benzene rings is 2. The third-order valence-corrected chi connectivity index (χ3v) is 7.30. The number of aryl methyl sites for hydroxylation is 1. The number of piperazine rings is 1. The Balaban J connectivity index is 1.41. The van der Waals surface area contributed by atoms with Crippen molar-refractivity contribution < 1.29 is 14.3 Å². The second-order valence-corrected chi connectivity index (χ2v) is 9.98. The highest BCUT2D eigenvalue weighted by Gasteiger charge is 2.20. The highest BCUT2D eigenvalue weighted by molar-refractivity contribution is 8.00. The monoisotopic (exact) mass is 527 g/mol. The lowest BCUT2D eigenvalue weighted by molar-refractivity contribution is -0.130. The minimum absolute atomic E-state index is 0.0933. The summed E-state index contributed by atoms with van der Waals surface area (Å²) in [6, 6.07) is 15.4. The molecule has 0 bridgehead atoms. The van der Waals surface area contributed by atoms with Gasteiger partial charge in [0.25, 0.3) is 0 Å². The summed E-state index contributed by atoms with van der Waals surface area (Å²) >= 11 is 7.94. The molecular formula is C26H30ClN5O3S. The lowest BCUT2D eigenvalue weighted by Crippen LogP contribution is -2.48. The highest BCUT2D eigenvalue weighted by Crippen LogP contribution is 2.36. The van der Waals surface area contributed by atoms with Gasteiger partial charge in [0.1, 0.15) is 12.4 Å². The van der Waals surface area contributed by atoms with Gasteiger partial charge in [-0.15, -0.1) is 11.8 Å². The molecule has 1 N–H and O–H groups in total. The molecule has 1 saturated heterocycles. The summed E-state index contributed by atoms with van der Waals surface area (Å²) in [5.74, 6) is 0.999. The Morgan fingerprint density at radius 3 is 2.53 bits per heavy atom. The minimum atomic E-state index is -0.0933. The third-order valence-electron chi connectivity index (χ3n) is 6.01. The predicted molar refractivity (Wildman–Crippen MR) is 144 cm³/mol. The molecule has 4 rings (SSSR count). The van der Waals surface area contributed by atoms with E-state index in [-0.39, 0.29) is 11.8 Å². The van der Waals surface area contributed by atoms with Crippen molar-refractivity contribution in [1.29, 1.82) is 0 Å². The SMILES string of the molecule is CC(=O)N1CCN(CCOc2ccc(NC(=O)CSc3ccccc3)cc2-c2c(Cl)cnn2C)CC1. The first-order valence-corrected chi connectivity index (χ1v) is 13.2. The molecule has 1 fully saturated rings. The van der Waals surface area contributed by atoms with Crippen LogP contribution in [0.3, 0.4) is 0 Å². The largest absolute Gasteiger partial charge is 0.492 e. The molecule has 1 aliphatic rings. The molecule has 3 aromatic rings. The van der Waals surface area contributed by atoms with Crippen molar-refractivity contribution in [2.24, 2.45) is 7.05 Å². The average Bonchev–Trinajstić information content (AvgIpc) is 3.22. The molecule has 2 aromatic carbocycles. The third kappa shape index (κ3) is 6.81. The number of hydrogen-bond acceptors (Lipinski definition) is 6. The van der Waals surface area contributed by atoms with E-state index in [4.69, 9.17) is 16.3 Å². The van der Waals surface area contributed by atoms with Crippen LogP contribution in [0, 0.1) is 0 Å². The standard InChI is InChI=1S/C26H30ClN5O3S/c1-19(33)32-12-10-31(11-13-32)14-15-35-24-9-8-20(16-22(24)26-23(27)17-28-30(26)2)29-25(34)18-36-21-6-4-3-5-7-21/h3-9,16-17H,10-15,18H2,1-2H3,(H,29,34). The van der Waals surface area contributed by atoms with Gasteiger partial charge in [0.15, 0.2) is 0 Å². The number of aromatic nitrogens is 2. The molecular weight excluding hydrogens is 498 g/mol. The summed E-state index contributed by atoms with van der Waals surface area (Å²) in [6.45, 7) is 5.98. The van der Waals surface area contributed by atoms with Gasteiger partial charge >= 0.3 is 0 Å². The molecule has 8 nitrogen and oxygen atoms in total. The number of carbonyl (C=O) groups is 2. The van der Waals surface area contributed by atoms with Crippen LogP contribution in [0.25, 0.3) is 11.3 Å². The number of carbonyl (C=O) groups excluding carboxylic acids is 2. The van der Waals surface area contributed by atoms with Crippen LogP contribution in [0.4, 0.5) is 5.69 Å². The van der Waals surface area contributed by atoms with Crippen LogP contribution in [0.1, 0.15) is 6.92 Å². The summed E-state index contributed by atoms with van der Waals surface area (Å²) in [5.41, 5.74) is 2.14. The number of nitrogens with one attached hydrogen (secondary N) is 1. The van der Waals surface area contributed by atoms with Gasteiger partial charge in [-0.05, 0) is 30.3 Å². The number of nitrogens with zero attached hydrogens (tertiary/aromatic N) is 4. The molecule has 0 spiro atoms. The summed E-state index contributed by atoms with van der Waals surface area (Å²) < 4.78 is 7.87. The maximum Gasteiger partial charge on any atom is 0.234 e. The van der Waals surface area contributed by atoms with Gasteiger partial charge in [0.05, 0.1) is 22.7 Å². The van der Waals surface area contributed by atoms with Crippen molar-refractivity contribution in [1.82, 2.24) is 19.6 Å². The average molecular weight is 528 g/mol. The zero-order chi connectivity index (χ0) is 25.5. The highest BCUT2D eigenvalue weighted by atomic mass is 35.5. The smallest absolute Gasteiger partial charge is 0.234 e. The van der Waals surface area contributed by atoms with E-state index in [0.29, 0.717) is 28.8 Å². The normalized spacial score (nSPS) is 14.0. The van der Waals surface area contributed by atoms with E-state index in [9.17, 15) is 9.59 Å². The molecule has 1 aliphatic heterocycles. The second kappa shape index (κ2) is 12.3. The van der Waals surface area contributed by atoms with Gasteiger partial charge in [-0.25, -0.2) is 0 Å². The van der Waals surface area contributed by atoms with Gasteiger partial charge in [0, 0.05) is 62.8 Å². The summed E-state index contributed by atoms with van der Waals surface area (Å²) in [4.78, 5) is 29.3. The van der Waals surface area contributed by atoms with Crippen molar-refractivity contribution in [3.63, 3.8) is 0 Å². The fourth-order valence-electron chi connectivity index (χ4n) is 4.07. The van der Waals surface area contributed by atoms with Gasteiger partial charge in [0.2, 0.25) is 11.8 Å². The first kappa shape index (κ1) is 26.1. The van der Waals surface area contributed by atoms with Crippen LogP contribution >= 0.6 is 23.4 Å². The van der Waals surface area contributed by atoms with E-state index in [2.05, 4.69) is 15.3 Å². The Bertz CT molecular complexity index is 1180. The van der Waals surface area contributed by atoms with Crippen molar-refractivity contribution in [2.45, 2.75) is 11.8 Å². The van der Waals surface area contributed by atoms with Crippen molar-refractivity contribution in [3.05, 3.63) is 59.8 Å². The van der Waals surface area contributed by atoms with E-state index < -0.39 is 0 Å². The molecule has 10 heteroatoms. The van der Waals surface area contributed by atoms with E-state index >= 15 is 0 Å². The van der Waals surface area contributed by atoms with E-state index in [1.165, 1.54) is 11.8 Å². The van der Waals surface area contributed by atoms with Crippen LogP contribution < -0.4 is 10.1 Å². The molecule has 0 atom stereocenters. The molecule has 0 saturated carbocycles. The van der Waals surface area contributed by atoms with Crippen LogP contribution in [0.5, 0.6) is 5.75 Å². The molecule has 2 heterocycles. The van der Waals surface area contributed by atoms with Crippen LogP contribution in [-0.2, 0) is 16.6 Å². The summed E-state index contributed by atoms with van der Waals surface area (Å²) in [7, 11) is 1.82. The molecule has 190 valence electrons. The van der Waals surface area contributed by atoms with E-state index in [1.807, 2.05) is 60.5 Å². The topological polar surface area (TPSA) is 79.7 Å². The second-order valence-electron chi connectivity index (χ2n) is 8.52. The van der Waals surface area contributed by atoms with Crippen molar-refractivity contribution >= 4 is 40.9 Å². The van der Waals surface area contributed by atoms with Crippen LogP contribution in [0.15, 0.2) is 59.6 Å². The number of amides is 2. The zero-order valence-corrected chi connectivity index (χ0v) is 22.0. The molecule has 0 radical (unpaired) electrons. The number of ether oxygens (including phenoxy) is 1. The van der Waals surface area contributed by atoms with Gasteiger partial charge in [-0.1, -0.05) is 29.8 Å². The quantitative estimate of drug-likeness (QED) is 0.423. The summed E-state index contributed by atoms with van der Waals surface area (Å²) in [5, 5.41) is 7.74. The fourth-order valence-corrected chi connectivity index (χ4v) is 5.05. The molecule has 36 heavy (non-hydrogen) atoms. The van der Waals surface area contributed by atoms with E-state index in [1.54, 1.807) is 17.8 Å². The lowest BCUT2D eigenvalue weighted by Gasteiger charge is -2.34. The van der Waals surface area contributed by atoms with Gasteiger partial charge in [-0.3, -0.25) is 19.2 Å². The number of halogens is 1. The lowest BCUT2D eigenvalue weighted by atomic mass is 10.1. The Kier molecular flexibility index (Phi) is 8.90. The zero-order valence-electron chi connectivity index (χ0n) is 20.4. The number of thioether (sulfide) groups is 1. The predicted octanol–water partition coefficient (Wildman–Crippen LogP) is 4.01. The van der Waals surface area contributed by atoms with Crippen molar-refractivity contribution in [2.75, 3.05) is 50.4 Å². The van der Waals surface area contributed by atoms with E-state index in [0.717, 1.165) is 48.9 Å². The Labute approximate surface area is 220 Å². The number of anilines is 1. The Morgan fingerprint density at radius 1 is 1.11 bits per heavy atom. The molecule has 1 aromatic heterocycles. The first-order valence-electron chi connectivity index (χ1n) is 11.8. The molecule has 0 aliphatic carbocycles. The fraction of sp³-hybridized carbons (Fsp3) is 0.346. The molecule has 0 unspecified atom stereocenters. The van der Waals surface area contributed by atoms with Crippen molar-refractivity contribution in [3.8, 4) is 17.0 Å². The van der Waals surface area contributed by atoms with Gasteiger partial charge in [-0.2, -0.15) is 5.10 Å². The number of hydrogen-bond donors (Lipinski definition) is 1. The Hall–Kier alpha value is -3.01.